The lowest BCUT2D eigenvalue weighted by Gasteiger charge is -1.97. The van der Waals surface area contributed by atoms with Gasteiger partial charge in [-0.1, -0.05) is 13.3 Å². The van der Waals surface area contributed by atoms with Gasteiger partial charge >= 0.3 is 0 Å². The Labute approximate surface area is 65.5 Å². The fourth-order valence-electron chi connectivity index (χ4n) is 0.905. The molecule has 11 heavy (non-hydrogen) atoms. The molecular formula is C8H10N2O. The molecule has 0 aliphatic carbocycles. The van der Waals surface area contributed by atoms with E-state index < -0.39 is 0 Å². The van der Waals surface area contributed by atoms with Crippen LogP contribution in [0.2, 0.25) is 0 Å². The van der Waals surface area contributed by atoms with Crippen molar-refractivity contribution in [2.45, 2.75) is 19.8 Å². The summed E-state index contributed by atoms with van der Waals surface area (Å²) in [7, 11) is 0. The largest absolute Gasteiger partial charge is 0.296 e. The van der Waals surface area contributed by atoms with Crippen molar-refractivity contribution in [1.82, 2.24) is 9.97 Å². The highest BCUT2D eigenvalue weighted by Gasteiger charge is 2.00. The van der Waals surface area contributed by atoms with Gasteiger partial charge in [0.25, 0.3) is 0 Å². The number of rotatable bonds is 3. The molecule has 0 spiro atoms. The molecule has 3 heteroatoms. The maximum Gasteiger partial charge on any atom is 0.170 e. The highest BCUT2D eigenvalue weighted by Crippen LogP contribution is 2.00. The van der Waals surface area contributed by atoms with Crippen LogP contribution >= 0.6 is 0 Å². The Morgan fingerprint density at radius 2 is 2.18 bits per heavy atom. The van der Waals surface area contributed by atoms with Crippen LogP contribution in [0.15, 0.2) is 12.4 Å². The number of carbonyl (C=O) groups excluding carboxylic acids is 1. The van der Waals surface area contributed by atoms with Crippen LogP contribution in [0, 0.1) is 0 Å². The first-order valence-corrected chi connectivity index (χ1v) is 3.63. The van der Waals surface area contributed by atoms with Gasteiger partial charge in [0.05, 0.1) is 5.69 Å². The number of aromatic nitrogens is 2. The highest BCUT2D eigenvalue weighted by molar-refractivity contribution is 5.73. The van der Waals surface area contributed by atoms with Crippen molar-refractivity contribution >= 4 is 6.29 Å². The van der Waals surface area contributed by atoms with Crippen molar-refractivity contribution in [3.8, 4) is 0 Å². The van der Waals surface area contributed by atoms with Crippen molar-refractivity contribution in [2.75, 3.05) is 0 Å². The monoisotopic (exact) mass is 150 g/mol. The molecule has 1 rings (SSSR count). The molecule has 0 saturated heterocycles. The molecule has 0 atom stereocenters. The van der Waals surface area contributed by atoms with E-state index in [1.54, 1.807) is 6.20 Å². The normalized spacial score (nSPS) is 9.55. The van der Waals surface area contributed by atoms with Crippen LogP contribution in [0.3, 0.4) is 0 Å². The Kier molecular flexibility index (Phi) is 2.72. The molecule has 1 aromatic heterocycles. The topological polar surface area (TPSA) is 42.9 Å². The standard InChI is InChI=1S/C8H10N2O/c1-2-3-7-8(6-11)10-5-4-9-7/h4-6H,2-3H2,1H3. The summed E-state index contributed by atoms with van der Waals surface area (Å²) in [4.78, 5) is 18.3. The zero-order valence-electron chi connectivity index (χ0n) is 6.45. The molecule has 0 saturated carbocycles. The van der Waals surface area contributed by atoms with Gasteiger partial charge in [0.15, 0.2) is 6.29 Å². The summed E-state index contributed by atoms with van der Waals surface area (Å²) in [5, 5.41) is 0. The predicted octanol–water partition coefficient (Wildman–Crippen LogP) is 1.24. The minimum atomic E-state index is 0.467. The average molecular weight is 150 g/mol. The molecule has 1 aromatic rings. The minimum absolute atomic E-state index is 0.467. The first kappa shape index (κ1) is 7.85. The number of aldehydes is 1. The lowest BCUT2D eigenvalue weighted by molar-refractivity contribution is 0.111. The van der Waals surface area contributed by atoms with E-state index in [2.05, 4.69) is 9.97 Å². The molecule has 0 unspecified atom stereocenters. The molecule has 0 aliphatic rings. The molecule has 0 amide bonds. The molecule has 0 bridgehead atoms. The maximum absolute atomic E-state index is 10.4. The van der Waals surface area contributed by atoms with Crippen LogP contribution in [0.25, 0.3) is 0 Å². The van der Waals surface area contributed by atoms with Gasteiger partial charge in [0.2, 0.25) is 0 Å². The third-order valence-corrected chi connectivity index (χ3v) is 1.40. The van der Waals surface area contributed by atoms with Gasteiger partial charge in [-0.25, -0.2) is 4.98 Å². The summed E-state index contributed by atoms with van der Waals surface area (Å²) >= 11 is 0. The lowest BCUT2D eigenvalue weighted by atomic mass is 10.2. The SMILES string of the molecule is CCCc1nccnc1C=O. The number of hydrogen-bond acceptors (Lipinski definition) is 3. The van der Waals surface area contributed by atoms with Crippen LogP contribution < -0.4 is 0 Å². The maximum atomic E-state index is 10.4. The quantitative estimate of drug-likeness (QED) is 0.609. The Hall–Kier alpha value is -1.25. The van der Waals surface area contributed by atoms with E-state index in [-0.39, 0.29) is 0 Å². The Morgan fingerprint density at radius 3 is 2.82 bits per heavy atom. The Balaban J connectivity index is 2.92. The predicted molar refractivity (Wildman–Crippen MR) is 41.4 cm³/mol. The minimum Gasteiger partial charge on any atom is -0.296 e. The first-order valence-electron chi connectivity index (χ1n) is 3.63. The van der Waals surface area contributed by atoms with Crippen molar-refractivity contribution in [1.29, 1.82) is 0 Å². The van der Waals surface area contributed by atoms with Gasteiger partial charge < -0.3 is 0 Å². The fourth-order valence-corrected chi connectivity index (χ4v) is 0.905. The summed E-state index contributed by atoms with van der Waals surface area (Å²) < 4.78 is 0. The number of carbonyl (C=O) groups is 1. The molecule has 0 radical (unpaired) electrons. The Morgan fingerprint density at radius 1 is 1.45 bits per heavy atom. The average Bonchev–Trinajstić information content (AvgIpc) is 2.06. The number of nitrogens with zero attached hydrogens (tertiary/aromatic N) is 2. The molecule has 0 aliphatic heterocycles. The van der Waals surface area contributed by atoms with Gasteiger partial charge in [-0.15, -0.1) is 0 Å². The molecule has 58 valence electrons. The number of hydrogen-bond donors (Lipinski definition) is 0. The molecule has 3 nitrogen and oxygen atoms in total. The zero-order valence-corrected chi connectivity index (χ0v) is 6.45. The fraction of sp³-hybridized carbons (Fsp3) is 0.375. The zero-order chi connectivity index (χ0) is 8.10. The van der Waals surface area contributed by atoms with E-state index in [9.17, 15) is 4.79 Å². The van der Waals surface area contributed by atoms with Crippen molar-refractivity contribution < 1.29 is 4.79 Å². The third-order valence-electron chi connectivity index (χ3n) is 1.40. The second-order valence-electron chi connectivity index (χ2n) is 2.26. The van der Waals surface area contributed by atoms with Crippen molar-refractivity contribution in [3.63, 3.8) is 0 Å². The third kappa shape index (κ3) is 1.83. The first-order chi connectivity index (χ1) is 5.38. The van der Waals surface area contributed by atoms with E-state index in [0.29, 0.717) is 5.69 Å². The van der Waals surface area contributed by atoms with Gasteiger partial charge in [-0.2, -0.15) is 0 Å². The highest BCUT2D eigenvalue weighted by atomic mass is 16.1. The molecule has 0 N–H and O–H groups in total. The summed E-state index contributed by atoms with van der Waals surface area (Å²) in [5.41, 5.74) is 1.26. The van der Waals surface area contributed by atoms with Gasteiger partial charge in [0.1, 0.15) is 5.69 Å². The van der Waals surface area contributed by atoms with E-state index in [1.165, 1.54) is 6.20 Å². The Bertz CT molecular complexity index is 248. The summed E-state index contributed by atoms with van der Waals surface area (Å²) in [6.45, 7) is 2.04. The van der Waals surface area contributed by atoms with Gasteiger partial charge in [0, 0.05) is 12.4 Å². The van der Waals surface area contributed by atoms with Gasteiger partial charge in [-0.05, 0) is 6.42 Å². The van der Waals surface area contributed by atoms with Crippen LogP contribution in [-0.2, 0) is 6.42 Å². The van der Waals surface area contributed by atoms with Gasteiger partial charge in [-0.3, -0.25) is 9.78 Å². The van der Waals surface area contributed by atoms with Crippen LogP contribution in [0.4, 0.5) is 0 Å². The molecule has 0 fully saturated rings. The number of aryl methyl sites for hydroxylation is 1. The molecule has 1 heterocycles. The van der Waals surface area contributed by atoms with Crippen molar-refractivity contribution in [2.24, 2.45) is 0 Å². The molecular weight excluding hydrogens is 140 g/mol. The van der Waals surface area contributed by atoms with Crippen molar-refractivity contribution in [3.05, 3.63) is 23.8 Å². The second-order valence-corrected chi connectivity index (χ2v) is 2.26. The second kappa shape index (κ2) is 3.81. The lowest BCUT2D eigenvalue weighted by Crippen LogP contribution is -1.98. The summed E-state index contributed by atoms with van der Waals surface area (Å²) in [6.07, 6.45) is 5.69. The van der Waals surface area contributed by atoms with Crippen LogP contribution in [-0.4, -0.2) is 16.3 Å². The summed E-state index contributed by atoms with van der Waals surface area (Å²) in [6, 6.07) is 0. The van der Waals surface area contributed by atoms with E-state index in [0.717, 1.165) is 24.8 Å². The van der Waals surface area contributed by atoms with Crippen LogP contribution in [0.5, 0.6) is 0 Å². The van der Waals surface area contributed by atoms with E-state index >= 15 is 0 Å². The smallest absolute Gasteiger partial charge is 0.170 e. The summed E-state index contributed by atoms with van der Waals surface area (Å²) in [5.74, 6) is 0. The molecule has 0 aromatic carbocycles. The van der Waals surface area contributed by atoms with E-state index in [1.807, 2.05) is 6.92 Å². The van der Waals surface area contributed by atoms with Crippen LogP contribution in [0.1, 0.15) is 29.5 Å². The van der Waals surface area contributed by atoms with E-state index in [4.69, 9.17) is 0 Å².